The maximum absolute atomic E-state index is 8.77. The number of rotatable bonds is 0. The quantitative estimate of drug-likeness (QED) is 0.207. The molecule has 0 rings (SSSR count). The molecule has 96 valence electrons. The third kappa shape index (κ3) is 2130. The molecular formula is H6InO12P3. The predicted molar refractivity (Wildman–Crippen MR) is 41.9 cm³/mol. The Labute approximate surface area is 107 Å². The van der Waals surface area contributed by atoms with Crippen LogP contribution in [-0.2, 0) is 13.7 Å². The molecule has 0 saturated carbocycles. The van der Waals surface area contributed by atoms with E-state index in [1.807, 2.05) is 0 Å². The van der Waals surface area contributed by atoms with Gasteiger partial charge in [0.1, 0.15) is 0 Å². The topological polar surface area (TPSA) is 242 Å². The molecule has 0 aromatic rings. The Balaban J connectivity index is -0.0000000655. The third-order valence-corrected chi connectivity index (χ3v) is 0. The molecule has 0 saturated heterocycles. The first-order valence-corrected chi connectivity index (χ1v) is 6.89. The van der Waals surface area contributed by atoms with Gasteiger partial charge in [-0.2, -0.15) is 0 Å². The van der Waals surface area contributed by atoms with E-state index in [2.05, 4.69) is 0 Å². The Bertz CT molecular complexity index is 202. The fraction of sp³-hybridized carbons (Fsp3) is 0. The molecule has 16 heteroatoms. The fourth-order valence-corrected chi connectivity index (χ4v) is 0. The van der Waals surface area contributed by atoms with Gasteiger partial charge in [-0.25, -0.2) is 0 Å². The molecule has 0 fully saturated rings. The summed E-state index contributed by atoms with van der Waals surface area (Å²) < 4.78 is 26.3. The monoisotopic (exact) mass is 406 g/mol. The maximum atomic E-state index is 8.77. The second-order valence-electron chi connectivity index (χ2n) is 1.47. The van der Waals surface area contributed by atoms with Crippen molar-refractivity contribution >= 4 is 49.3 Å². The van der Waals surface area contributed by atoms with Gasteiger partial charge in [-0.05, 0) is 0 Å². The molecule has 0 bridgehead atoms. The van der Waals surface area contributed by atoms with Crippen LogP contribution in [0.25, 0.3) is 0 Å². The number of hydrogen-bond acceptors (Lipinski definition) is 6. The van der Waals surface area contributed by atoms with Crippen LogP contribution < -0.4 is 14.7 Å². The van der Waals surface area contributed by atoms with Crippen molar-refractivity contribution in [2.75, 3.05) is 0 Å². The van der Waals surface area contributed by atoms with Gasteiger partial charge >= 0.3 is 25.8 Å². The minimum absolute atomic E-state index is 0. The Morgan fingerprint density at radius 1 is 0.562 bits per heavy atom. The molecule has 0 amide bonds. The van der Waals surface area contributed by atoms with E-state index < -0.39 is 23.5 Å². The molecule has 16 heavy (non-hydrogen) atoms. The van der Waals surface area contributed by atoms with Crippen molar-refractivity contribution in [2.24, 2.45) is 0 Å². The summed E-state index contributed by atoms with van der Waals surface area (Å²) in [6.45, 7) is 0. The van der Waals surface area contributed by atoms with Crippen molar-refractivity contribution in [1.82, 2.24) is 0 Å². The molecule has 0 unspecified atom stereocenters. The van der Waals surface area contributed by atoms with E-state index in [0.29, 0.717) is 0 Å². The van der Waals surface area contributed by atoms with E-state index in [0.717, 1.165) is 0 Å². The van der Waals surface area contributed by atoms with E-state index in [-0.39, 0.29) is 25.8 Å². The second kappa shape index (κ2) is 10.2. The van der Waals surface area contributed by atoms with Gasteiger partial charge in [-0.15, -0.1) is 0 Å². The van der Waals surface area contributed by atoms with Gasteiger partial charge in [-0.3, -0.25) is 13.7 Å². The van der Waals surface area contributed by atoms with Gasteiger partial charge in [0, 0.05) is 0 Å². The summed E-state index contributed by atoms with van der Waals surface area (Å²) in [5.74, 6) is 0. The minimum atomic E-state index is -4.89. The van der Waals surface area contributed by atoms with Crippen LogP contribution in [0, 0.1) is 0 Å². The Kier molecular flexibility index (Phi) is 16.4. The first kappa shape index (κ1) is 25.9. The van der Waals surface area contributed by atoms with E-state index in [1.165, 1.54) is 0 Å². The molecule has 0 aliphatic heterocycles. The molecule has 0 aliphatic carbocycles. The van der Waals surface area contributed by atoms with E-state index in [9.17, 15) is 0 Å². The van der Waals surface area contributed by atoms with Crippen molar-refractivity contribution in [3.8, 4) is 0 Å². The molecular weight excluding hydrogens is 400 g/mol. The first-order chi connectivity index (χ1) is 6.00. The largest absolute Gasteiger partial charge is 3.00 e. The van der Waals surface area contributed by atoms with Gasteiger partial charge < -0.3 is 44.0 Å². The summed E-state index contributed by atoms with van der Waals surface area (Å²) in [5, 5.41) is 0. The van der Waals surface area contributed by atoms with Crippen LogP contribution in [0.1, 0.15) is 0 Å². The minimum Gasteiger partial charge on any atom is -0.756 e. The summed E-state index contributed by atoms with van der Waals surface area (Å²) in [6.07, 6.45) is 0. The maximum Gasteiger partial charge on any atom is 3.00 e. The van der Waals surface area contributed by atoms with Crippen LogP contribution in [0.5, 0.6) is 0 Å². The average molecular weight is 406 g/mol. The van der Waals surface area contributed by atoms with Crippen LogP contribution in [0.4, 0.5) is 0 Å². The van der Waals surface area contributed by atoms with Crippen LogP contribution in [0.15, 0.2) is 0 Å². The van der Waals surface area contributed by atoms with Crippen LogP contribution in [0.3, 0.4) is 0 Å². The van der Waals surface area contributed by atoms with E-state index in [1.54, 1.807) is 0 Å². The van der Waals surface area contributed by atoms with Gasteiger partial charge in [0.2, 0.25) is 0 Å². The van der Waals surface area contributed by atoms with Crippen LogP contribution >= 0.6 is 23.5 Å². The van der Waals surface area contributed by atoms with Crippen molar-refractivity contribution in [3.05, 3.63) is 0 Å². The molecule has 0 aromatic heterocycles. The standard InChI is InChI=1S/In.3H3O4P/c;3*1-5(2,3)4/h;3*(H3,1,2,3,4)/q+3;;;/p-3. The third-order valence-electron chi connectivity index (χ3n) is 0. The van der Waals surface area contributed by atoms with Crippen molar-refractivity contribution in [3.63, 3.8) is 0 Å². The number of phosphoric acid groups is 3. The molecule has 12 nitrogen and oxygen atoms in total. The molecule has 0 aromatic carbocycles. The smallest absolute Gasteiger partial charge is 0.756 e. The second-order valence-corrected chi connectivity index (χ2v) is 4.42. The summed E-state index contributed by atoms with van der Waals surface area (Å²) in [6, 6.07) is 0. The zero-order valence-corrected chi connectivity index (χ0v) is 13.0. The van der Waals surface area contributed by atoms with Crippen molar-refractivity contribution in [1.29, 1.82) is 0 Å². The zero-order valence-electron chi connectivity index (χ0n) is 7.05. The van der Waals surface area contributed by atoms with E-state index in [4.69, 9.17) is 57.7 Å². The summed E-state index contributed by atoms with van der Waals surface area (Å²) >= 11 is 0. The average Bonchev–Trinajstić information content (AvgIpc) is 1.41. The normalized spacial score (nSPS) is 11.1. The molecule has 0 radical (unpaired) electrons. The van der Waals surface area contributed by atoms with E-state index >= 15 is 0 Å². The molecule has 0 heterocycles. The molecule has 6 N–H and O–H groups in total. The van der Waals surface area contributed by atoms with Crippen molar-refractivity contribution in [2.45, 2.75) is 0 Å². The Hall–Kier alpha value is 1.20. The Morgan fingerprint density at radius 3 is 0.562 bits per heavy atom. The van der Waals surface area contributed by atoms with Gasteiger partial charge in [0.05, 0.1) is 0 Å². The Morgan fingerprint density at radius 2 is 0.562 bits per heavy atom. The summed E-state index contributed by atoms with van der Waals surface area (Å²) in [7, 11) is -14.7. The first-order valence-electron chi connectivity index (χ1n) is 2.30. The number of hydrogen-bond donors (Lipinski definition) is 6. The SMILES string of the molecule is O=P([O-])(O)O.O=P([O-])(O)O.O=P([O-])(O)O.[In+3]. The molecule has 0 spiro atoms. The fourth-order valence-electron chi connectivity index (χ4n) is 0. The van der Waals surface area contributed by atoms with Crippen LogP contribution in [-0.4, -0.2) is 55.2 Å². The summed E-state index contributed by atoms with van der Waals surface area (Å²) in [4.78, 5) is 68.8. The van der Waals surface area contributed by atoms with Crippen molar-refractivity contribution < 1.29 is 57.7 Å². The van der Waals surface area contributed by atoms with Crippen LogP contribution in [0.2, 0.25) is 0 Å². The molecule has 0 atom stereocenters. The zero-order chi connectivity index (χ0) is 13.5. The van der Waals surface area contributed by atoms with Gasteiger partial charge in [0.25, 0.3) is 23.5 Å². The molecule has 0 aliphatic rings. The van der Waals surface area contributed by atoms with Gasteiger partial charge in [-0.1, -0.05) is 0 Å². The van der Waals surface area contributed by atoms with Gasteiger partial charge in [0.15, 0.2) is 0 Å². The predicted octanol–water partition coefficient (Wildman–Crippen LogP) is -5.06. The summed E-state index contributed by atoms with van der Waals surface area (Å²) in [5.41, 5.74) is 0.